The quantitative estimate of drug-likeness (QED) is 0.849. The molecule has 0 bridgehead atoms. The highest BCUT2D eigenvalue weighted by molar-refractivity contribution is 8.12. The summed E-state index contributed by atoms with van der Waals surface area (Å²) in [5, 5.41) is 0. The summed E-state index contributed by atoms with van der Waals surface area (Å²) in [6.07, 6.45) is 2.02. The van der Waals surface area contributed by atoms with E-state index < -0.39 is 9.24 Å². The lowest BCUT2D eigenvalue weighted by atomic mass is 9.96. The summed E-state index contributed by atoms with van der Waals surface area (Å²) in [7, 11) is 1.41. The average Bonchev–Trinajstić information content (AvgIpc) is 2.64. The van der Waals surface area contributed by atoms with Gasteiger partial charge in [-0.2, -0.15) is 8.42 Å². The number of rotatable bonds is 2. The van der Waals surface area contributed by atoms with Crippen LogP contribution in [0.25, 0.3) is 6.08 Å². The molecule has 1 atom stereocenters. The second-order valence-electron chi connectivity index (χ2n) is 5.08. The smallest absolute Gasteiger partial charge is 0.259 e. The van der Waals surface area contributed by atoms with Gasteiger partial charge in [0.1, 0.15) is 5.84 Å². The van der Waals surface area contributed by atoms with Gasteiger partial charge in [0.25, 0.3) is 0 Å². The minimum atomic E-state index is -3.86. The molecule has 2 rings (SSSR count). The van der Waals surface area contributed by atoms with Crippen molar-refractivity contribution in [2.45, 2.75) is 26.8 Å². The molecule has 1 aromatic carbocycles. The predicted molar refractivity (Wildman–Crippen MR) is 87.6 cm³/mol. The van der Waals surface area contributed by atoms with Crippen LogP contribution in [0.4, 0.5) is 0 Å². The molecule has 112 valence electrons. The third-order valence-corrected chi connectivity index (χ3v) is 3.81. The Morgan fingerprint density at radius 2 is 1.90 bits per heavy atom. The second kappa shape index (κ2) is 6.03. The van der Waals surface area contributed by atoms with Crippen LogP contribution < -0.4 is 4.72 Å². The Hall–Kier alpha value is -1.59. The van der Waals surface area contributed by atoms with Crippen LogP contribution in [0.1, 0.15) is 26.3 Å². The van der Waals surface area contributed by atoms with E-state index in [0.29, 0.717) is 5.84 Å². The molecular formula is C15H17ClN2O2S. The Balaban J connectivity index is 2.46. The van der Waals surface area contributed by atoms with E-state index in [1.165, 1.54) is 0 Å². The lowest BCUT2D eigenvalue weighted by Crippen LogP contribution is -2.27. The molecule has 1 heterocycles. The summed E-state index contributed by atoms with van der Waals surface area (Å²) >= 11 is 0. The Kier molecular flexibility index (Phi) is 4.54. The summed E-state index contributed by atoms with van der Waals surface area (Å²) in [5.74, 6) is 0.305. The van der Waals surface area contributed by atoms with E-state index in [2.05, 4.69) is 9.71 Å². The van der Waals surface area contributed by atoms with Crippen molar-refractivity contribution in [3.63, 3.8) is 0 Å². The van der Waals surface area contributed by atoms with Crippen LogP contribution in [0.15, 0.2) is 52.0 Å². The molecule has 4 nitrogen and oxygen atoms in total. The molecular weight excluding hydrogens is 308 g/mol. The third-order valence-electron chi connectivity index (χ3n) is 3.14. The first-order valence-electron chi connectivity index (χ1n) is 6.53. The van der Waals surface area contributed by atoms with Crippen molar-refractivity contribution in [3.8, 4) is 0 Å². The fourth-order valence-electron chi connectivity index (χ4n) is 2.31. The van der Waals surface area contributed by atoms with Gasteiger partial charge < -0.3 is 0 Å². The molecule has 0 unspecified atom stereocenters. The van der Waals surface area contributed by atoms with Gasteiger partial charge in [-0.05, 0) is 38.0 Å². The van der Waals surface area contributed by atoms with Crippen LogP contribution in [-0.4, -0.2) is 20.3 Å². The first kappa shape index (κ1) is 15.8. The van der Waals surface area contributed by atoms with Gasteiger partial charge in [-0.3, -0.25) is 9.71 Å². The van der Waals surface area contributed by atoms with Crippen molar-refractivity contribution < 1.29 is 8.42 Å². The number of nitrogens with zero attached hydrogens (tertiary/aromatic N) is 1. The van der Waals surface area contributed by atoms with Gasteiger partial charge in [-0.25, -0.2) is 0 Å². The number of halogens is 1. The van der Waals surface area contributed by atoms with Crippen LogP contribution in [0.3, 0.4) is 0 Å². The Morgan fingerprint density at radius 1 is 1.29 bits per heavy atom. The molecule has 1 aliphatic heterocycles. The molecule has 6 heteroatoms. The molecule has 0 aromatic heterocycles. The van der Waals surface area contributed by atoms with Crippen molar-refractivity contribution in [1.82, 2.24) is 4.72 Å². The summed E-state index contributed by atoms with van der Waals surface area (Å²) in [6, 6.07) is 9.72. The monoisotopic (exact) mass is 324 g/mol. The normalized spacial score (nSPS) is 20.6. The number of benzene rings is 1. The summed E-state index contributed by atoms with van der Waals surface area (Å²) in [4.78, 5) is 4.37. The highest BCUT2D eigenvalue weighted by Crippen LogP contribution is 2.30. The van der Waals surface area contributed by atoms with Crippen molar-refractivity contribution >= 4 is 31.8 Å². The number of amidine groups is 1. The molecule has 0 fully saturated rings. The largest absolute Gasteiger partial charge is 0.320 e. The van der Waals surface area contributed by atoms with E-state index in [1.54, 1.807) is 0 Å². The fourth-order valence-corrected chi connectivity index (χ4v) is 2.92. The van der Waals surface area contributed by atoms with Gasteiger partial charge in [-0.15, -0.1) is 0 Å². The molecule has 0 spiro atoms. The average molecular weight is 325 g/mol. The zero-order valence-electron chi connectivity index (χ0n) is 12.1. The lowest BCUT2D eigenvalue weighted by molar-refractivity contribution is 0.606. The molecule has 1 N–H and O–H groups in total. The van der Waals surface area contributed by atoms with Crippen LogP contribution in [0.5, 0.6) is 0 Å². The minimum absolute atomic E-state index is 0.129. The van der Waals surface area contributed by atoms with Crippen LogP contribution in [-0.2, 0) is 9.24 Å². The zero-order valence-corrected chi connectivity index (χ0v) is 13.7. The van der Waals surface area contributed by atoms with Crippen molar-refractivity contribution in [2.24, 2.45) is 4.99 Å². The summed E-state index contributed by atoms with van der Waals surface area (Å²) in [5.41, 5.74) is 3.80. The van der Waals surface area contributed by atoms with Crippen molar-refractivity contribution in [3.05, 3.63) is 52.6 Å². The Labute approximate surface area is 129 Å². The first-order valence-corrected chi connectivity index (χ1v) is 8.84. The Bertz CT molecular complexity index is 730. The topological polar surface area (TPSA) is 58.5 Å². The third kappa shape index (κ3) is 3.95. The molecule has 21 heavy (non-hydrogen) atoms. The van der Waals surface area contributed by atoms with Gasteiger partial charge in [-0.1, -0.05) is 35.9 Å². The molecule has 0 saturated carbocycles. The molecule has 1 aliphatic rings. The van der Waals surface area contributed by atoms with Crippen LogP contribution in [0.2, 0.25) is 0 Å². The number of allylic oxidation sites excluding steroid dienone is 1. The van der Waals surface area contributed by atoms with E-state index in [1.807, 2.05) is 57.2 Å². The van der Waals surface area contributed by atoms with E-state index in [-0.39, 0.29) is 6.04 Å². The Morgan fingerprint density at radius 3 is 2.43 bits per heavy atom. The molecule has 0 radical (unpaired) electrons. The van der Waals surface area contributed by atoms with E-state index >= 15 is 0 Å². The molecule has 1 aromatic rings. The number of hydrogen-bond acceptors (Lipinski definition) is 3. The fraction of sp³-hybridized carbons (Fsp3) is 0.267. The first-order chi connectivity index (χ1) is 9.78. The van der Waals surface area contributed by atoms with Crippen LogP contribution in [0, 0.1) is 0 Å². The van der Waals surface area contributed by atoms with Gasteiger partial charge in [0.2, 0.25) is 0 Å². The zero-order chi connectivity index (χ0) is 15.6. The van der Waals surface area contributed by atoms with E-state index in [0.717, 1.165) is 22.3 Å². The minimum Gasteiger partial charge on any atom is -0.259 e. The van der Waals surface area contributed by atoms with Gasteiger partial charge in [0.15, 0.2) is 0 Å². The highest BCUT2D eigenvalue weighted by atomic mass is 35.7. The summed E-state index contributed by atoms with van der Waals surface area (Å²) in [6.45, 7) is 5.77. The number of aliphatic imine (C=N–C) groups is 1. The maximum Gasteiger partial charge on any atom is 0.320 e. The second-order valence-corrected chi connectivity index (χ2v) is 7.38. The van der Waals surface area contributed by atoms with Crippen molar-refractivity contribution in [1.29, 1.82) is 0 Å². The maximum absolute atomic E-state index is 11.3. The predicted octanol–water partition coefficient (Wildman–Crippen LogP) is 3.28. The molecule has 0 saturated heterocycles. The standard InChI is InChI=1S/C15H17ClN2O2S/c1-10(2)14-13(9-12-7-5-4-6-8-12)11(3)17-15(14)18-21(16,19)20/h4-9,11H,1-3H3,(H,17,18)/b13-9-/t11-/m0/s1. The highest BCUT2D eigenvalue weighted by Gasteiger charge is 2.28. The van der Waals surface area contributed by atoms with E-state index in [9.17, 15) is 8.42 Å². The van der Waals surface area contributed by atoms with Gasteiger partial charge >= 0.3 is 9.24 Å². The molecule has 0 amide bonds. The SMILES string of the molecule is CC(C)=C1C(NS(=O)(=O)Cl)=N[C@@H](C)/C1=C/c1ccccc1. The number of nitrogens with one attached hydrogen (secondary N) is 1. The van der Waals surface area contributed by atoms with E-state index in [4.69, 9.17) is 10.7 Å². The van der Waals surface area contributed by atoms with Gasteiger partial charge in [0.05, 0.1) is 6.04 Å². The molecule has 0 aliphatic carbocycles. The van der Waals surface area contributed by atoms with Crippen LogP contribution >= 0.6 is 10.7 Å². The van der Waals surface area contributed by atoms with Gasteiger partial charge in [0, 0.05) is 16.3 Å². The van der Waals surface area contributed by atoms with Crippen molar-refractivity contribution in [2.75, 3.05) is 0 Å². The lowest BCUT2D eigenvalue weighted by Gasteiger charge is -2.10. The summed E-state index contributed by atoms with van der Waals surface area (Å²) < 4.78 is 24.8. The maximum atomic E-state index is 11.3. The number of hydrogen-bond donors (Lipinski definition) is 1.